The topological polar surface area (TPSA) is 68.2 Å². The molecule has 2 rings (SSSR count). The molecule has 24 heavy (non-hydrogen) atoms. The summed E-state index contributed by atoms with van der Waals surface area (Å²) in [5.74, 6) is 1.22. The van der Waals surface area contributed by atoms with Gasteiger partial charge in [0.05, 0.1) is 6.61 Å². The number of hydrogen-bond donors (Lipinski definition) is 0. The van der Waals surface area contributed by atoms with Crippen LogP contribution in [0.2, 0.25) is 0 Å². The first kappa shape index (κ1) is 18.2. The average molecular weight is 334 g/mol. The quantitative estimate of drug-likeness (QED) is 0.764. The number of carbonyl (C=O) groups is 1. The van der Waals surface area contributed by atoms with Crippen LogP contribution in [0.15, 0.2) is 29.4 Å². The van der Waals surface area contributed by atoms with Crippen LogP contribution in [0, 0.1) is 10.8 Å². The van der Waals surface area contributed by atoms with E-state index in [9.17, 15) is 9.70 Å². The van der Waals surface area contributed by atoms with Gasteiger partial charge in [-0.15, -0.1) is 0 Å². The minimum Gasteiger partial charge on any atom is -0.493 e. The number of nitroso groups, excluding NO2 is 1. The van der Waals surface area contributed by atoms with E-state index in [1.54, 1.807) is 4.90 Å². The van der Waals surface area contributed by atoms with E-state index in [0.29, 0.717) is 25.6 Å². The van der Waals surface area contributed by atoms with Crippen LogP contribution in [-0.4, -0.2) is 36.3 Å². The summed E-state index contributed by atoms with van der Waals surface area (Å²) in [7, 11) is 0. The molecule has 0 unspecified atom stereocenters. The highest BCUT2D eigenvalue weighted by Gasteiger charge is 2.27. The van der Waals surface area contributed by atoms with Crippen molar-refractivity contribution >= 4 is 6.09 Å². The van der Waals surface area contributed by atoms with Crippen molar-refractivity contribution < 1.29 is 14.3 Å². The molecule has 132 valence electrons. The molecule has 1 fully saturated rings. The number of likely N-dealkylation sites (tertiary alicyclic amines) is 1. The highest BCUT2D eigenvalue weighted by molar-refractivity contribution is 5.68. The standard InChI is InChI=1S/C18H26N2O4/c1-18(2,3)24-17(21)20-10-8-15(9-11-20)13-23-16-6-4-14(5-7-16)12-19-22/h4-7,15H,8-13H2,1-3H3. The van der Waals surface area contributed by atoms with Gasteiger partial charge in [0.25, 0.3) is 0 Å². The Morgan fingerprint density at radius 3 is 2.38 bits per heavy atom. The fourth-order valence-electron chi connectivity index (χ4n) is 2.59. The number of benzene rings is 1. The Hall–Kier alpha value is -2.11. The SMILES string of the molecule is CC(C)(C)OC(=O)N1CCC(COc2ccc(CN=O)cc2)CC1. The van der Waals surface area contributed by atoms with Crippen LogP contribution in [0.5, 0.6) is 5.75 Å². The van der Waals surface area contributed by atoms with Crippen LogP contribution in [0.1, 0.15) is 39.2 Å². The maximum Gasteiger partial charge on any atom is 0.410 e. The molecule has 1 saturated heterocycles. The van der Waals surface area contributed by atoms with E-state index in [0.717, 1.165) is 24.2 Å². The third-order valence-electron chi connectivity index (χ3n) is 3.92. The third-order valence-corrected chi connectivity index (χ3v) is 3.92. The Bertz CT molecular complexity index is 543. The fourth-order valence-corrected chi connectivity index (χ4v) is 2.59. The Labute approximate surface area is 143 Å². The van der Waals surface area contributed by atoms with Crippen molar-refractivity contribution in [2.24, 2.45) is 11.1 Å². The second kappa shape index (κ2) is 8.13. The molecular formula is C18H26N2O4. The van der Waals surface area contributed by atoms with Crippen molar-refractivity contribution in [3.63, 3.8) is 0 Å². The molecule has 1 aliphatic rings. The van der Waals surface area contributed by atoms with Gasteiger partial charge >= 0.3 is 6.09 Å². The maximum atomic E-state index is 12.0. The molecule has 0 N–H and O–H groups in total. The third kappa shape index (κ3) is 5.83. The van der Waals surface area contributed by atoms with E-state index in [2.05, 4.69) is 5.18 Å². The highest BCUT2D eigenvalue weighted by atomic mass is 16.6. The number of hydrogen-bond acceptors (Lipinski definition) is 5. The molecule has 1 aliphatic heterocycles. The first-order chi connectivity index (χ1) is 11.4. The summed E-state index contributed by atoms with van der Waals surface area (Å²) in [4.78, 5) is 24.0. The summed E-state index contributed by atoms with van der Waals surface area (Å²) in [6.45, 7) is 7.85. The number of ether oxygens (including phenoxy) is 2. The van der Waals surface area contributed by atoms with E-state index in [4.69, 9.17) is 9.47 Å². The molecule has 0 aliphatic carbocycles. The molecule has 6 heteroatoms. The van der Waals surface area contributed by atoms with Crippen molar-refractivity contribution in [3.05, 3.63) is 34.7 Å². The van der Waals surface area contributed by atoms with Gasteiger partial charge < -0.3 is 14.4 Å². The Balaban J connectivity index is 1.73. The van der Waals surface area contributed by atoms with Crippen LogP contribution in [0.4, 0.5) is 4.79 Å². The molecule has 1 aromatic carbocycles. The van der Waals surface area contributed by atoms with Crippen LogP contribution in [0.3, 0.4) is 0 Å². The smallest absolute Gasteiger partial charge is 0.410 e. The van der Waals surface area contributed by atoms with Crippen molar-refractivity contribution in [2.45, 2.75) is 45.8 Å². The van der Waals surface area contributed by atoms with Gasteiger partial charge in [0.2, 0.25) is 0 Å². The normalized spacial score (nSPS) is 15.9. The van der Waals surface area contributed by atoms with Gasteiger partial charge in [-0.1, -0.05) is 17.3 Å². The lowest BCUT2D eigenvalue weighted by Gasteiger charge is -2.33. The zero-order chi connectivity index (χ0) is 17.6. The molecule has 0 atom stereocenters. The highest BCUT2D eigenvalue weighted by Crippen LogP contribution is 2.21. The summed E-state index contributed by atoms with van der Waals surface area (Å²) in [5, 5.41) is 2.87. The summed E-state index contributed by atoms with van der Waals surface area (Å²) in [6.07, 6.45) is 1.58. The van der Waals surface area contributed by atoms with Gasteiger partial charge in [0, 0.05) is 13.1 Å². The predicted molar refractivity (Wildman–Crippen MR) is 92.0 cm³/mol. The van der Waals surface area contributed by atoms with Crippen LogP contribution >= 0.6 is 0 Å². The Morgan fingerprint density at radius 2 is 1.83 bits per heavy atom. The molecule has 1 amide bonds. The number of amides is 1. The van der Waals surface area contributed by atoms with Crippen molar-refractivity contribution in [2.75, 3.05) is 19.7 Å². The van der Waals surface area contributed by atoms with Gasteiger partial charge in [-0.3, -0.25) is 0 Å². The minimum absolute atomic E-state index is 0.184. The Morgan fingerprint density at radius 1 is 1.21 bits per heavy atom. The first-order valence-corrected chi connectivity index (χ1v) is 8.36. The van der Waals surface area contributed by atoms with Gasteiger partial charge in [-0.25, -0.2) is 4.79 Å². The van der Waals surface area contributed by atoms with E-state index in [1.165, 1.54) is 0 Å². The van der Waals surface area contributed by atoms with Gasteiger partial charge in [0.15, 0.2) is 0 Å². The monoisotopic (exact) mass is 334 g/mol. The van der Waals surface area contributed by atoms with Gasteiger partial charge in [-0.2, -0.15) is 4.91 Å². The summed E-state index contributed by atoms with van der Waals surface area (Å²) in [6, 6.07) is 7.41. The largest absolute Gasteiger partial charge is 0.493 e. The lowest BCUT2D eigenvalue weighted by Crippen LogP contribution is -2.42. The number of rotatable bonds is 5. The van der Waals surface area contributed by atoms with Crippen LogP contribution < -0.4 is 4.74 Å². The number of piperidine rings is 1. The van der Waals surface area contributed by atoms with Crippen LogP contribution in [0.25, 0.3) is 0 Å². The van der Waals surface area contributed by atoms with E-state index in [1.807, 2.05) is 45.0 Å². The van der Waals surface area contributed by atoms with Crippen molar-refractivity contribution in [1.29, 1.82) is 0 Å². The fraction of sp³-hybridized carbons (Fsp3) is 0.611. The summed E-state index contributed by atoms with van der Waals surface area (Å²) in [5.41, 5.74) is 0.422. The van der Waals surface area contributed by atoms with Gasteiger partial charge in [-0.05, 0) is 57.2 Å². The predicted octanol–water partition coefficient (Wildman–Crippen LogP) is 3.98. The molecule has 0 spiro atoms. The lowest BCUT2D eigenvalue weighted by atomic mass is 9.98. The van der Waals surface area contributed by atoms with Gasteiger partial charge in [0.1, 0.15) is 17.9 Å². The molecule has 6 nitrogen and oxygen atoms in total. The minimum atomic E-state index is -0.456. The van der Waals surface area contributed by atoms with Crippen LogP contribution in [-0.2, 0) is 11.3 Å². The molecule has 1 heterocycles. The zero-order valence-electron chi connectivity index (χ0n) is 14.7. The van der Waals surface area contributed by atoms with E-state index in [-0.39, 0.29) is 12.6 Å². The summed E-state index contributed by atoms with van der Waals surface area (Å²) < 4.78 is 11.2. The lowest BCUT2D eigenvalue weighted by molar-refractivity contribution is 0.0165. The molecule has 0 bridgehead atoms. The second-order valence-corrected chi connectivity index (χ2v) is 7.15. The summed E-state index contributed by atoms with van der Waals surface area (Å²) >= 11 is 0. The zero-order valence-corrected chi connectivity index (χ0v) is 14.7. The first-order valence-electron chi connectivity index (χ1n) is 8.36. The molecular weight excluding hydrogens is 308 g/mol. The molecule has 0 aromatic heterocycles. The molecule has 0 saturated carbocycles. The van der Waals surface area contributed by atoms with Crippen molar-refractivity contribution in [1.82, 2.24) is 4.90 Å². The Kier molecular flexibility index (Phi) is 6.17. The van der Waals surface area contributed by atoms with E-state index >= 15 is 0 Å². The number of nitrogens with zero attached hydrogens (tertiary/aromatic N) is 2. The molecule has 1 aromatic rings. The maximum absolute atomic E-state index is 12.0. The number of carbonyl (C=O) groups excluding carboxylic acids is 1. The average Bonchev–Trinajstić information content (AvgIpc) is 2.53. The van der Waals surface area contributed by atoms with Crippen molar-refractivity contribution in [3.8, 4) is 5.75 Å². The van der Waals surface area contributed by atoms with E-state index < -0.39 is 5.60 Å². The second-order valence-electron chi connectivity index (χ2n) is 7.15. The molecule has 0 radical (unpaired) electrons.